The molecule has 0 radical (unpaired) electrons. The summed E-state index contributed by atoms with van der Waals surface area (Å²) in [5.41, 5.74) is 8.68. The number of hydrogen-bond donors (Lipinski definition) is 0. The molecule has 0 bridgehead atoms. The predicted molar refractivity (Wildman–Crippen MR) is 175 cm³/mol. The van der Waals surface area contributed by atoms with Crippen LogP contribution in [0.1, 0.15) is 0 Å². The van der Waals surface area contributed by atoms with Crippen molar-refractivity contribution in [3.05, 3.63) is 152 Å². The van der Waals surface area contributed by atoms with E-state index in [2.05, 4.69) is 156 Å². The summed E-state index contributed by atoms with van der Waals surface area (Å²) in [6, 6.07) is 55.4. The minimum absolute atomic E-state index is 1.19. The van der Waals surface area contributed by atoms with E-state index in [1.165, 1.54) is 82.1 Å². The Morgan fingerprint density at radius 1 is 0.341 bits per heavy atom. The first kappa shape index (κ1) is 22.4. The zero-order valence-corrected chi connectivity index (χ0v) is 22.4. The van der Waals surface area contributed by atoms with Crippen LogP contribution in [0.15, 0.2) is 152 Å². The second-order valence-electron chi connectivity index (χ2n) is 11.0. The molecule has 41 heavy (non-hydrogen) atoms. The first-order valence-electron chi connectivity index (χ1n) is 14.2. The molecule has 0 amide bonds. The largest absolute Gasteiger partial charge is 0.309 e. The van der Waals surface area contributed by atoms with Crippen molar-refractivity contribution in [2.24, 2.45) is 0 Å². The van der Waals surface area contributed by atoms with Crippen LogP contribution in [0, 0.1) is 0 Å². The lowest BCUT2D eigenvalue weighted by molar-refractivity contribution is 1.19. The SMILES string of the molecule is c1ccc(-c2ccc(-c3cc4ccc5cc6c7ccccc7n(-c7ccccc7)c6c6ccc(c3)c4c56)cc2)cc1. The van der Waals surface area contributed by atoms with Crippen LogP contribution in [0.5, 0.6) is 0 Å². The molecule has 0 atom stereocenters. The lowest BCUT2D eigenvalue weighted by Crippen LogP contribution is -1.94. The molecule has 0 aliphatic heterocycles. The average molecular weight is 520 g/mol. The summed E-state index contributed by atoms with van der Waals surface area (Å²) in [6.45, 7) is 0. The highest BCUT2D eigenvalue weighted by Gasteiger charge is 2.19. The molecule has 1 heteroatoms. The predicted octanol–water partition coefficient (Wildman–Crippen LogP) is 11.0. The molecule has 0 spiro atoms. The topological polar surface area (TPSA) is 4.93 Å². The highest BCUT2D eigenvalue weighted by molar-refractivity contribution is 6.32. The summed E-state index contributed by atoms with van der Waals surface area (Å²) in [6.07, 6.45) is 0. The van der Waals surface area contributed by atoms with Crippen LogP contribution >= 0.6 is 0 Å². The lowest BCUT2D eigenvalue weighted by atomic mass is 9.90. The Labute approximate surface area is 237 Å². The first-order chi connectivity index (χ1) is 20.3. The third kappa shape index (κ3) is 3.30. The third-order valence-electron chi connectivity index (χ3n) is 8.69. The number of benzene rings is 8. The van der Waals surface area contributed by atoms with Gasteiger partial charge in [0.1, 0.15) is 0 Å². The Hall–Kier alpha value is -5.40. The summed E-state index contributed by atoms with van der Waals surface area (Å²) in [5.74, 6) is 0. The van der Waals surface area contributed by atoms with Crippen molar-refractivity contribution in [3.63, 3.8) is 0 Å². The molecule has 0 aliphatic rings. The molecule has 0 aliphatic carbocycles. The molecular formula is C40H25N. The Morgan fingerprint density at radius 3 is 1.63 bits per heavy atom. The fourth-order valence-electron chi connectivity index (χ4n) is 6.84. The van der Waals surface area contributed by atoms with Crippen LogP contribution in [0.4, 0.5) is 0 Å². The highest BCUT2D eigenvalue weighted by atomic mass is 15.0. The summed E-state index contributed by atoms with van der Waals surface area (Å²) in [7, 11) is 0. The van der Waals surface area contributed by atoms with E-state index in [0.717, 1.165) is 0 Å². The smallest absolute Gasteiger partial charge is 0.0620 e. The number of aromatic nitrogens is 1. The first-order valence-corrected chi connectivity index (χ1v) is 14.2. The van der Waals surface area contributed by atoms with Crippen molar-refractivity contribution >= 4 is 54.1 Å². The van der Waals surface area contributed by atoms with Gasteiger partial charge in [0, 0.05) is 21.8 Å². The average Bonchev–Trinajstić information content (AvgIpc) is 3.38. The number of nitrogens with zero attached hydrogens (tertiary/aromatic N) is 1. The molecule has 0 unspecified atom stereocenters. The van der Waals surface area contributed by atoms with Crippen LogP contribution in [0.2, 0.25) is 0 Å². The van der Waals surface area contributed by atoms with Gasteiger partial charge < -0.3 is 4.57 Å². The van der Waals surface area contributed by atoms with Crippen molar-refractivity contribution < 1.29 is 0 Å². The van der Waals surface area contributed by atoms with Gasteiger partial charge in [-0.2, -0.15) is 0 Å². The van der Waals surface area contributed by atoms with Gasteiger partial charge in [-0.15, -0.1) is 0 Å². The molecule has 1 aromatic heterocycles. The van der Waals surface area contributed by atoms with Gasteiger partial charge in [-0.25, -0.2) is 0 Å². The van der Waals surface area contributed by atoms with Crippen LogP contribution in [-0.2, 0) is 0 Å². The van der Waals surface area contributed by atoms with Gasteiger partial charge in [-0.3, -0.25) is 0 Å². The van der Waals surface area contributed by atoms with Crippen molar-refractivity contribution in [2.45, 2.75) is 0 Å². The Morgan fingerprint density at radius 2 is 0.902 bits per heavy atom. The van der Waals surface area contributed by atoms with E-state index in [1.807, 2.05) is 0 Å². The van der Waals surface area contributed by atoms with Gasteiger partial charge in [0.25, 0.3) is 0 Å². The van der Waals surface area contributed by atoms with E-state index in [4.69, 9.17) is 0 Å². The van der Waals surface area contributed by atoms with Crippen LogP contribution in [-0.4, -0.2) is 4.57 Å². The fraction of sp³-hybridized carbons (Fsp3) is 0. The van der Waals surface area contributed by atoms with Crippen molar-refractivity contribution in [1.29, 1.82) is 0 Å². The monoisotopic (exact) mass is 519 g/mol. The van der Waals surface area contributed by atoms with Gasteiger partial charge in [0.15, 0.2) is 0 Å². The molecule has 190 valence electrons. The standard InChI is InChI=1S/C40H25N/c1-3-9-26(10-4-1)27-15-17-28(18-16-27)32-23-29-19-20-31-25-36-34-13-7-8-14-37(34)41(33-11-5-2-6-12-33)40(36)35-22-21-30(24-32)38(29)39(31)35/h1-25H. The Bertz CT molecular complexity index is 2360. The highest BCUT2D eigenvalue weighted by Crippen LogP contribution is 2.44. The van der Waals surface area contributed by atoms with Gasteiger partial charge in [0.2, 0.25) is 0 Å². The van der Waals surface area contributed by atoms with E-state index in [9.17, 15) is 0 Å². The molecule has 9 aromatic rings. The molecule has 0 saturated heterocycles. The summed E-state index contributed by atoms with van der Waals surface area (Å²) >= 11 is 0. The van der Waals surface area contributed by atoms with Gasteiger partial charge in [0.05, 0.1) is 11.0 Å². The minimum atomic E-state index is 1.19. The van der Waals surface area contributed by atoms with E-state index < -0.39 is 0 Å². The van der Waals surface area contributed by atoms with Crippen LogP contribution in [0.3, 0.4) is 0 Å². The molecular weight excluding hydrogens is 494 g/mol. The maximum Gasteiger partial charge on any atom is 0.0620 e. The lowest BCUT2D eigenvalue weighted by Gasteiger charge is -2.15. The zero-order valence-electron chi connectivity index (χ0n) is 22.4. The summed E-state index contributed by atoms with van der Waals surface area (Å²) < 4.78 is 2.44. The van der Waals surface area contributed by atoms with Gasteiger partial charge >= 0.3 is 0 Å². The quantitative estimate of drug-likeness (QED) is 0.205. The molecule has 0 N–H and O–H groups in total. The van der Waals surface area contributed by atoms with Crippen LogP contribution < -0.4 is 0 Å². The number of fused-ring (bicyclic) bond motifs is 4. The van der Waals surface area contributed by atoms with Crippen LogP contribution in [0.25, 0.3) is 82.1 Å². The molecule has 1 heterocycles. The van der Waals surface area contributed by atoms with E-state index in [-0.39, 0.29) is 0 Å². The third-order valence-corrected chi connectivity index (χ3v) is 8.69. The second-order valence-corrected chi connectivity index (χ2v) is 11.0. The maximum atomic E-state index is 2.44. The molecule has 8 aromatic carbocycles. The number of hydrogen-bond acceptors (Lipinski definition) is 0. The number of rotatable bonds is 3. The Kier molecular flexibility index (Phi) is 4.67. The van der Waals surface area contributed by atoms with Gasteiger partial charge in [-0.05, 0) is 85.6 Å². The summed E-state index contributed by atoms with van der Waals surface area (Å²) in [4.78, 5) is 0. The van der Waals surface area contributed by atoms with Crippen molar-refractivity contribution in [2.75, 3.05) is 0 Å². The van der Waals surface area contributed by atoms with E-state index in [1.54, 1.807) is 0 Å². The zero-order chi connectivity index (χ0) is 26.9. The maximum absolute atomic E-state index is 2.44. The molecule has 1 nitrogen and oxygen atoms in total. The molecule has 9 rings (SSSR count). The Balaban J connectivity index is 1.30. The number of para-hydroxylation sites is 2. The fourth-order valence-corrected chi connectivity index (χ4v) is 6.84. The minimum Gasteiger partial charge on any atom is -0.309 e. The summed E-state index contributed by atoms with van der Waals surface area (Å²) in [5, 5.41) is 10.4. The van der Waals surface area contributed by atoms with E-state index in [0.29, 0.717) is 0 Å². The molecule has 0 saturated carbocycles. The van der Waals surface area contributed by atoms with Crippen molar-refractivity contribution in [1.82, 2.24) is 4.57 Å². The normalized spacial score (nSPS) is 11.9. The molecule has 0 fully saturated rings. The van der Waals surface area contributed by atoms with Gasteiger partial charge in [-0.1, -0.05) is 115 Å². The van der Waals surface area contributed by atoms with Crippen molar-refractivity contribution in [3.8, 4) is 27.9 Å². The van der Waals surface area contributed by atoms with E-state index >= 15 is 0 Å². The second kappa shape index (κ2) is 8.55.